The van der Waals surface area contributed by atoms with Gasteiger partial charge in [-0.25, -0.2) is 0 Å². The molecule has 0 aromatic carbocycles. The van der Waals surface area contributed by atoms with Gasteiger partial charge in [-0.15, -0.1) is 18.2 Å². The summed E-state index contributed by atoms with van der Waals surface area (Å²) in [6.07, 6.45) is 4.21. The Balaban J connectivity index is 3.44. The van der Waals surface area contributed by atoms with E-state index >= 15 is 0 Å². The van der Waals surface area contributed by atoms with Gasteiger partial charge in [0.2, 0.25) is 0 Å². The van der Waals surface area contributed by atoms with Gasteiger partial charge in [-0.2, -0.15) is 0 Å². The van der Waals surface area contributed by atoms with Crippen molar-refractivity contribution in [2.24, 2.45) is 0 Å². The molecule has 0 unspecified atom stereocenters. The van der Waals surface area contributed by atoms with Crippen molar-refractivity contribution in [2.75, 3.05) is 5.88 Å². The Morgan fingerprint density at radius 2 is 2.25 bits per heavy atom. The summed E-state index contributed by atoms with van der Waals surface area (Å²) in [5.41, 5.74) is 0. The maximum Gasteiger partial charge on any atom is 0.0418 e. The van der Waals surface area contributed by atoms with Crippen LogP contribution in [-0.2, 0) is 0 Å². The summed E-state index contributed by atoms with van der Waals surface area (Å²) in [7, 11) is 0. The van der Waals surface area contributed by atoms with Crippen LogP contribution < -0.4 is 0 Å². The Morgan fingerprint density at radius 1 is 1.62 bits per heavy atom. The van der Waals surface area contributed by atoms with Crippen molar-refractivity contribution < 1.29 is 0 Å². The van der Waals surface area contributed by atoms with E-state index in [-0.39, 0.29) is 0 Å². The molecule has 0 amide bonds. The van der Waals surface area contributed by atoms with Crippen molar-refractivity contribution in [3.8, 4) is 0 Å². The molecule has 0 nitrogen and oxygen atoms in total. The molecule has 2 heteroatoms. The van der Waals surface area contributed by atoms with Gasteiger partial charge in [0, 0.05) is 17.3 Å². The topological polar surface area (TPSA) is 0 Å². The van der Waals surface area contributed by atoms with Crippen molar-refractivity contribution in [1.29, 1.82) is 0 Å². The van der Waals surface area contributed by atoms with E-state index in [1.165, 1.54) is 0 Å². The zero-order valence-electron chi connectivity index (χ0n) is 4.53. The molecule has 0 aromatic heterocycles. The van der Waals surface area contributed by atoms with Crippen molar-refractivity contribution in [1.82, 2.24) is 0 Å². The first kappa shape index (κ1) is 8.06. The summed E-state index contributed by atoms with van der Waals surface area (Å²) in [6.45, 7) is 3.51. The molecule has 0 saturated heterocycles. The highest BCUT2D eigenvalue weighted by Gasteiger charge is 1.83. The first-order valence-electron chi connectivity index (χ1n) is 2.32. The monoisotopic (exact) mass is 150 g/mol. The van der Waals surface area contributed by atoms with E-state index in [4.69, 9.17) is 23.2 Å². The lowest BCUT2D eigenvalue weighted by Gasteiger charge is -1.86. The van der Waals surface area contributed by atoms with E-state index in [0.717, 1.165) is 5.03 Å². The van der Waals surface area contributed by atoms with E-state index in [1.807, 2.05) is 0 Å². The second-order valence-electron chi connectivity index (χ2n) is 1.30. The Morgan fingerprint density at radius 3 is 2.62 bits per heavy atom. The molecule has 0 aliphatic carbocycles. The fraction of sp³-hybridized carbons (Fsp3) is 0.333. The first-order chi connectivity index (χ1) is 3.81. The average molecular weight is 151 g/mol. The standard InChI is InChI=1S/C6H8Cl2/c1-2-3-6(8)4-5-7/h2,4H,1,3,5H2/b6-4+. The molecule has 0 bridgehead atoms. The average Bonchev–Trinajstić information content (AvgIpc) is 1.68. The maximum absolute atomic E-state index is 5.59. The van der Waals surface area contributed by atoms with Crippen LogP contribution in [0, 0.1) is 0 Å². The molecule has 0 radical (unpaired) electrons. The number of alkyl halides is 1. The Hall–Kier alpha value is 0.0600. The third kappa shape index (κ3) is 4.23. The molecule has 0 N–H and O–H groups in total. The van der Waals surface area contributed by atoms with Gasteiger partial charge in [-0.3, -0.25) is 0 Å². The number of hydrogen-bond donors (Lipinski definition) is 0. The Kier molecular flexibility index (Phi) is 5.24. The van der Waals surface area contributed by atoms with Gasteiger partial charge < -0.3 is 0 Å². The van der Waals surface area contributed by atoms with Crippen LogP contribution in [-0.4, -0.2) is 5.88 Å². The van der Waals surface area contributed by atoms with E-state index in [0.29, 0.717) is 12.3 Å². The van der Waals surface area contributed by atoms with Gasteiger partial charge in [-0.1, -0.05) is 23.8 Å². The van der Waals surface area contributed by atoms with Gasteiger partial charge in [0.1, 0.15) is 0 Å². The van der Waals surface area contributed by atoms with Crippen LogP contribution in [0.3, 0.4) is 0 Å². The van der Waals surface area contributed by atoms with E-state index < -0.39 is 0 Å². The summed E-state index contributed by atoms with van der Waals surface area (Å²) in [5, 5.41) is 0.759. The molecule has 0 aromatic rings. The molecule has 0 heterocycles. The molecule has 46 valence electrons. The lowest BCUT2D eigenvalue weighted by molar-refractivity contribution is 1.35. The molecule has 0 fully saturated rings. The third-order valence-corrected chi connectivity index (χ3v) is 1.10. The highest BCUT2D eigenvalue weighted by atomic mass is 35.5. The second kappa shape index (κ2) is 5.20. The number of halogens is 2. The summed E-state index contributed by atoms with van der Waals surface area (Å²) in [6, 6.07) is 0. The molecular weight excluding hydrogens is 143 g/mol. The van der Waals surface area contributed by atoms with Crippen LogP contribution in [0.1, 0.15) is 6.42 Å². The lowest BCUT2D eigenvalue weighted by Crippen LogP contribution is -1.68. The van der Waals surface area contributed by atoms with Crippen LogP contribution >= 0.6 is 23.2 Å². The molecule has 0 atom stereocenters. The lowest BCUT2D eigenvalue weighted by atomic mass is 10.4. The largest absolute Gasteiger partial charge is 0.122 e. The predicted octanol–water partition coefficient (Wildman–Crippen LogP) is 2.92. The fourth-order valence-corrected chi connectivity index (χ4v) is 0.756. The quantitative estimate of drug-likeness (QED) is 0.429. The van der Waals surface area contributed by atoms with E-state index in [9.17, 15) is 0 Å². The van der Waals surface area contributed by atoms with Crippen molar-refractivity contribution in [2.45, 2.75) is 6.42 Å². The fourth-order valence-electron chi connectivity index (χ4n) is 0.305. The molecule has 0 aliphatic heterocycles. The van der Waals surface area contributed by atoms with Gasteiger partial charge in [-0.05, 0) is 0 Å². The molecule has 8 heavy (non-hydrogen) atoms. The predicted molar refractivity (Wildman–Crippen MR) is 39.5 cm³/mol. The highest BCUT2D eigenvalue weighted by Crippen LogP contribution is 2.06. The minimum absolute atomic E-state index is 0.479. The first-order valence-corrected chi connectivity index (χ1v) is 3.24. The van der Waals surface area contributed by atoms with Gasteiger partial charge in [0.25, 0.3) is 0 Å². The number of rotatable bonds is 3. The van der Waals surface area contributed by atoms with Crippen LogP contribution in [0.25, 0.3) is 0 Å². The molecule has 0 saturated carbocycles. The van der Waals surface area contributed by atoms with Crippen LogP contribution in [0.5, 0.6) is 0 Å². The minimum atomic E-state index is 0.479. The smallest absolute Gasteiger partial charge is 0.0418 e. The summed E-state index contributed by atoms with van der Waals surface area (Å²) in [4.78, 5) is 0. The second-order valence-corrected chi connectivity index (χ2v) is 2.09. The Labute approximate surface area is 59.8 Å². The van der Waals surface area contributed by atoms with Crippen molar-refractivity contribution in [3.05, 3.63) is 23.8 Å². The maximum atomic E-state index is 5.59. The summed E-state index contributed by atoms with van der Waals surface area (Å²) >= 11 is 10.9. The normalized spacial score (nSPS) is 11.5. The van der Waals surface area contributed by atoms with E-state index in [1.54, 1.807) is 12.2 Å². The van der Waals surface area contributed by atoms with Crippen LogP contribution in [0.4, 0.5) is 0 Å². The zero-order valence-corrected chi connectivity index (χ0v) is 6.04. The molecule has 0 rings (SSSR count). The number of hydrogen-bond acceptors (Lipinski definition) is 0. The van der Waals surface area contributed by atoms with Gasteiger partial charge in [0.05, 0.1) is 0 Å². The van der Waals surface area contributed by atoms with Crippen LogP contribution in [0.2, 0.25) is 0 Å². The van der Waals surface area contributed by atoms with Gasteiger partial charge in [0.15, 0.2) is 0 Å². The van der Waals surface area contributed by atoms with Crippen molar-refractivity contribution >= 4 is 23.2 Å². The third-order valence-electron chi connectivity index (χ3n) is 0.638. The SMILES string of the molecule is C=CC/C(Cl)=C\CCl. The number of allylic oxidation sites excluding steroid dienone is 3. The Bertz CT molecular complexity index is 94.7. The molecular formula is C6H8Cl2. The highest BCUT2D eigenvalue weighted by molar-refractivity contribution is 6.30. The molecule has 0 spiro atoms. The van der Waals surface area contributed by atoms with Crippen LogP contribution in [0.15, 0.2) is 23.8 Å². The minimum Gasteiger partial charge on any atom is -0.122 e. The molecule has 0 aliphatic rings. The van der Waals surface area contributed by atoms with Crippen molar-refractivity contribution in [3.63, 3.8) is 0 Å². The summed E-state index contributed by atoms with van der Waals surface area (Å²) in [5.74, 6) is 0.479. The van der Waals surface area contributed by atoms with E-state index in [2.05, 4.69) is 6.58 Å². The zero-order chi connectivity index (χ0) is 6.41. The summed E-state index contributed by atoms with van der Waals surface area (Å²) < 4.78 is 0. The van der Waals surface area contributed by atoms with Gasteiger partial charge >= 0.3 is 0 Å².